The summed E-state index contributed by atoms with van der Waals surface area (Å²) in [7, 11) is 5.72. The van der Waals surface area contributed by atoms with E-state index in [2.05, 4.69) is 36.2 Å². The highest BCUT2D eigenvalue weighted by Gasteiger charge is 2.60. The van der Waals surface area contributed by atoms with Gasteiger partial charge >= 0.3 is 0 Å². The fourth-order valence-electron chi connectivity index (χ4n) is 5.35. The van der Waals surface area contributed by atoms with Crippen LogP contribution in [0.15, 0.2) is 35.6 Å². The second-order valence-electron chi connectivity index (χ2n) is 7.30. The van der Waals surface area contributed by atoms with E-state index in [0.29, 0.717) is 6.04 Å². The fraction of sp³-hybridized carbons (Fsp3) is 0.500. The summed E-state index contributed by atoms with van der Waals surface area (Å²) in [4.78, 5) is 2.51. The summed E-state index contributed by atoms with van der Waals surface area (Å²) < 4.78 is 17.8. The highest BCUT2D eigenvalue weighted by molar-refractivity contribution is 5.67. The highest BCUT2D eigenvalue weighted by Crippen LogP contribution is 2.62. The zero-order chi connectivity index (χ0) is 16.5. The van der Waals surface area contributed by atoms with Crippen LogP contribution in [0.1, 0.15) is 24.0 Å². The summed E-state index contributed by atoms with van der Waals surface area (Å²) in [6.45, 7) is 1.12. The minimum Gasteiger partial charge on any atom is -0.497 e. The Morgan fingerprint density at radius 1 is 1.21 bits per heavy atom. The molecule has 1 aromatic carbocycles. The molecule has 1 spiro atoms. The van der Waals surface area contributed by atoms with E-state index in [9.17, 15) is 0 Å². The molecule has 4 aliphatic rings. The molecular formula is C20H23NO3. The van der Waals surface area contributed by atoms with Crippen molar-refractivity contribution < 1.29 is 14.2 Å². The van der Waals surface area contributed by atoms with Crippen molar-refractivity contribution in [2.45, 2.75) is 36.8 Å². The van der Waals surface area contributed by atoms with Crippen molar-refractivity contribution in [1.29, 1.82) is 0 Å². The van der Waals surface area contributed by atoms with Crippen molar-refractivity contribution in [2.24, 2.45) is 0 Å². The second-order valence-corrected chi connectivity index (χ2v) is 7.30. The normalized spacial score (nSPS) is 33.0. The summed E-state index contributed by atoms with van der Waals surface area (Å²) in [5.41, 5.74) is 4.16. The maximum Gasteiger partial charge on any atom is 0.169 e. The van der Waals surface area contributed by atoms with Gasteiger partial charge in [0.05, 0.1) is 19.6 Å². The van der Waals surface area contributed by atoms with Gasteiger partial charge in [0.2, 0.25) is 0 Å². The van der Waals surface area contributed by atoms with Gasteiger partial charge < -0.3 is 14.2 Å². The van der Waals surface area contributed by atoms with Gasteiger partial charge in [-0.25, -0.2) is 0 Å². The minimum atomic E-state index is -0.0903. The third-order valence-electron chi connectivity index (χ3n) is 6.38. The van der Waals surface area contributed by atoms with Crippen LogP contribution in [0.25, 0.3) is 0 Å². The zero-order valence-corrected chi connectivity index (χ0v) is 14.5. The third kappa shape index (κ3) is 1.53. The molecule has 1 saturated heterocycles. The van der Waals surface area contributed by atoms with Crippen molar-refractivity contribution >= 4 is 0 Å². The van der Waals surface area contributed by atoms with Crippen LogP contribution in [0, 0.1) is 0 Å². The van der Waals surface area contributed by atoms with E-state index in [-0.39, 0.29) is 11.5 Å². The Balaban J connectivity index is 1.84. The molecule has 24 heavy (non-hydrogen) atoms. The topological polar surface area (TPSA) is 30.9 Å². The Hall–Kier alpha value is -1.94. The van der Waals surface area contributed by atoms with Gasteiger partial charge in [0.15, 0.2) is 17.6 Å². The molecule has 126 valence electrons. The average molecular weight is 325 g/mol. The van der Waals surface area contributed by atoms with E-state index in [1.54, 1.807) is 14.2 Å². The number of hydrogen-bond acceptors (Lipinski definition) is 4. The Morgan fingerprint density at radius 2 is 2.08 bits per heavy atom. The summed E-state index contributed by atoms with van der Waals surface area (Å²) in [5.74, 6) is 2.69. The van der Waals surface area contributed by atoms with Crippen LogP contribution in [0.2, 0.25) is 0 Å². The monoisotopic (exact) mass is 325 g/mol. The predicted octanol–water partition coefficient (Wildman–Crippen LogP) is 2.81. The van der Waals surface area contributed by atoms with Gasteiger partial charge in [0, 0.05) is 11.6 Å². The third-order valence-corrected chi connectivity index (χ3v) is 6.38. The van der Waals surface area contributed by atoms with Gasteiger partial charge in [-0.3, -0.25) is 4.90 Å². The maximum absolute atomic E-state index is 6.52. The predicted molar refractivity (Wildman–Crippen MR) is 91.6 cm³/mol. The van der Waals surface area contributed by atoms with Gasteiger partial charge in [-0.05, 0) is 56.1 Å². The molecule has 0 aromatic heterocycles. The molecule has 2 heterocycles. The van der Waals surface area contributed by atoms with Crippen LogP contribution in [-0.4, -0.2) is 44.9 Å². The SMILES string of the molecule is COC1=CC=C2[C@H]3Cc4ccc(OC)c5c4[C@@]2(CCCN3C)C1O5. The number of nitrogens with zero attached hydrogens (tertiary/aromatic N) is 1. The van der Waals surface area contributed by atoms with Crippen LogP contribution in [0.5, 0.6) is 11.5 Å². The van der Waals surface area contributed by atoms with Gasteiger partial charge in [-0.1, -0.05) is 12.1 Å². The molecule has 1 aromatic rings. The van der Waals surface area contributed by atoms with E-state index < -0.39 is 0 Å². The van der Waals surface area contributed by atoms with Crippen molar-refractivity contribution in [2.75, 3.05) is 27.8 Å². The molecule has 0 radical (unpaired) electrons. The van der Waals surface area contributed by atoms with Gasteiger partial charge in [-0.2, -0.15) is 0 Å². The number of likely N-dealkylation sites (tertiary alicyclic amines) is 1. The first-order chi connectivity index (χ1) is 11.7. The quantitative estimate of drug-likeness (QED) is 0.837. The molecule has 4 nitrogen and oxygen atoms in total. The molecular weight excluding hydrogens is 302 g/mol. The van der Waals surface area contributed by atoms with Crippen LogP contribution >= 0.6 is 0 Å². The minimum absolute atomic E-state index is 0.0677. The van der Waals surface area contributed by atoms with E-state index in [0.717, 1.165) is 43.1 Å². The highest BCUT2D eigenvalue weighted by atomic mass is 16.6. The van der Waals surface area contributed by atoms with Gasteiger partial charge in [-0.15, -0.1) is 0 Å². The Labute approximate surface area is 142 Å². The number of allylic oxidation sites excluding steroid dienone is 2. The number of benzene rings is 1. The largest absolute Gasteiger partial charge is 0.497 e. The Kier molecular flexibility index (Phi) is 2.88. The molecule has 2 aliphatic heterocycles. The van der Waals surface area contributed by atoms with Crippen molar-refractivity contribution in [3.63, 3.8) is 0 Å². The Morgan fingerprint density at radius 3 is 2.88 bits per heavy atom. The fourth-order valence-corrected chi connectivity index (χ4v) is 5.35. The van der Waals surface area contributed by atoms with Crippen LogP contribution < -0.4 is 9.47 Å². The Bertz CT molecular complexity index is 781. The smallest absolute Gasteiger partial charge is 0.169 e. The molecule has 0 saturated carbocycles. The second kappa shape index (κ2) is 4.79. The lowest BCUT2D eigenvalue weighted by Crippen LogP contribution is -2.51. The zero-order valence-electron chi connectivity index (χ0n) is 14.5. The molecule has 0 amide bonds. The number of rotatable bonds is 2. The molecule has 1 fully saturated rings. The molecule has 0 N–H and O–H groups in total. The molecule has 1 unspecified atom stereocenters. The van der Waals surface area contributed by atoms with E-state index in [4.69, 9.17) is 14.2 Å². The van der Waals surface area contributed by atoms with E-state index >= 15 is 0 Å². The first kappa shape index (κ1) is 14.4. The van der Waals surface area contributed by atoms with Crippen molar-refractivity contribution in [3.8, 4) is 11.5 Å². The molecule has 4 heteroatoms. The van der Waals surface area contributed by atoms with E-state index in [1.165, 1.54) is 16.7 Å². The van der Waals surface area contributed by atoms with E-state index in [1.807, 2.05) is 0 Å². The number of likely N-dealkylation sites (N-methyl/N-ethyl adjacent to an activating group) is 1. The van der Waals surface area contributed by atoms with Crippen molar-refractivity contribution in [1.82, 2.24) is 4.90 Å². The standard InChI is InChI=1S/C20H23NO3/c1-21-10-4-9-20-13-6-8-16(23-3)19(20)24-18-15(22-2)7-5-12(17(18)20)11-14(13)21/h5-8,14,19H,4,9-11H2,1-3H3/t14-,19?,20+/m1/s1. The number of ether oxygens (including phenoxy) is 3. The first-order valence-corrected chi connectivity index (χ1v) is 8.74. The van der Waals surface area contributed by atoms with Crippen LogP contribution in [0.4, 0.5) is 0 Å². The lowest BCUT2D eigenvalue weighted by molar-refractivity contribution is 0.108. The molecule has 5 rings (SSSR count). The molecule has 3 atom stereocenters. The summed E-state index contributed by atoms with van der Waals surface area (Å²) in [5, 5.41) is 0. The lowest BCUT2D eigenvalue weighted by Gasteiger charge is -2.45. The summed E-state index contributed by atoms with van der Waals surface area (Å²) in [6, 6.07) is 4.73. The molecule has 2 aliphatic carbocycles. The van der Waals surface area contributed by atoms with Gasteiger partial charge in [0.25, 0.3) is 0 Å². The van der Waals surface area contributed by atoms with Crippen molar-refractivity contribution in [3.05, 3.63) is 46.7 Å². The molecule has 2 bridgehead atoms. The lowest BCUT2D eigenvalue weighted by atomic mass is 9.59. The van der Waals surface area contributed by atoms with Gasteiger partial charge in [0.1, 0.15) is 5.76 Å². The first-order valence-electron chi connectivity index (χ1n) is 8.74. The number of methoxy groups -OCH3 is 2. The summed E-state index contributed by atoms with van der Waals surface area (Å²) in [6.07, 6.45) is 7.64. The average Bonchev–Trinajstić information content (AvgIpc) is 2.91. The van der Waals surface area contributed by atoms with Crippen LogP contribution in [0.3, 0.4) is 0 Å². The van der Waals surface area contributed by atoms with Crippen LogP contribution in [-0.2, 0) is 16.6 Å². The number of hydrogen-bond donors (Lipinski definition) is 0. The summed E-state index contributed by atoms with van der Waals surface area (Å²) >= 11 is 0. The maximum atomic E-state index is 6.52.